The highest BCUT2D eigenvalue weighted by Crippen LogP contribution is 2.41. The van der Waals surface area contributed by atoms with E-state index in [-0.39, 0.29) is 10.3 Å². The second-order valence-electron chi connectivity index (χ2n) is 9.80. The molecule has 2 unspecified atom stereocenters. The van der Waals surface area contributed by atoms with Gasteiger partial charge in [0.1, 0.15) is 18.6 Å². The maximum absolute atomic E-state index is 12.5. The number of nitrogens with zero attached hydrogens (tertiary/aromatic N) is 5. The molecule has 2 heterocycles. The first-order valence-corrected chi connectivity index (χ1v) is 13.8. The number of aryl methyl sites for hydroxylation is 2. The number of hydrogen-bond acceptors (Lipinski definition) is 4. The standard InChI is InChI=1S/C30H25F3N5OS/c1-19-4-3-5-20(2)28(19)38(14-15-40-29(38)34)36-17-21-6-12-25-22(16-21)7-13-26-27(25)35-18-37(26)23-8-10-24(11-9-23)39-30(31,32)33/h3-13,16-18,29H,14-15H2,1-2H3/q+1/b36-17+. The Balaban J connectivity index is 1.34. The molecule has 10 heteroatoms. The summed E-state index contributed by atoms with van der Waals surface area (Å²) >= 11 is 1.51. The van der Waals surface area contributed by atoms with Crippen molar-refractivity contribution in [3.63, 3.8) is 0 Å². The molecule has 40 heavy (non-hydrogen) atoms. The number of halogens is 3. The number of para-hydroxylation sites is 1. The lowest BCUT2D eigenvalue weighted by molar-refractivity contribution is -0.274. The van der Waals surface area contributed by atoms with Gasteiger partial charge in [0, 0.05) is 22.2 Å². The summed E-state index contributed by atoms with van der Waals surface area (Å²) < 4.78 is 43.5. The van der Waals surface area contributed by atoms with Gasteiger partial charge in [0.2, 0.25) is 0 Å². The van der Waals surface area contributed by atoms with Gasteiger partial charge in [-0.1, -0.05) is 59.0 Å². The number of hydrogen-bond donors (Lipinski definition) is 0. The number of alkyl halides is 3. The summed E-state index contributed by atoms with van der Waals surface area (Å²) in [5.41, 5.74) is 16.7. The van der Waals surface area contributed by atoms with Gasteiger partial charge in [-0.15, -0.1) is 17.8 Å². The molecule has 4 aromatic carbocycles. The SMILES string of the molecule is Cc1cccc(C)c1[N+]1(/N=C/c2ccc3c(ccc4c3ncn4-c3ccc(OC(F)(F)F)cc3)c2)CCSC1[N]. The van der Waals surface area contributed by atoms with Gasteiger partial charge in [-0.2, -0.15) is 0 Å². The van der Waals surface area contributed by atoms with Crippen molar-refractivity contribution in [3.8, 4) is 11.4 Å². The van der Waals surface area contributed by atoms with Gasteiger partial charge >= 0.3 is 6.36 Å². The van der Waals surface area contributed by atoms with Crippen molar-refractivity contribution in [2.45, 2.75) is 25.7 Å². The molecular formula is C30H25F3N5OS+. The van der Waals surface area contributed by atoms with E-state index in [2.05, 4.69) is 35.7 Å². The molecule has 1 aliphatic heterocycles. The monoisotopic (exact) mass is 560 g/mol. The summed E-state index contributed by atoms with van der Waals surface area (Å²) in [6.45, 7) is 4.81. The third-order valence-electron chi connectivity index (χ3n) is 7.21. The van der Waals surface area contributed by atoms with Crippen LogP contribution >= 0.6 is 11.8 Å². The summed E-state index contributed by atoms with van der Waals surface area (Å²) in [5.74, 6) is 0.532. The Morgan fingerprint density at radius 1 is 1.05 bits per heavy atom. The van der Waals surface area contributed by atoms with Gasteiger partial charge in [0.25, 0.3) is 5.50 Å². The summed E-state index contributed by atoms with van der Waals surface area (Å²) in [5, 5.41) is 6.90. The first-order valence-electron chi connectivity index (χ1n) is 12.7. The minimum Gasteiger partial charge on any atom is -0.406 e. The molecule has 0 amide bonds. The van der Waals surface area contributed by atoms with Crippen LogP contribution < -0.4 is 15.1 Å². The van der Waals surface area contributed by atoms with E-state index in [4.69, 9.17) is 5.10 Å². The molecule has 202 valence electrons. The van der Waals surface area contributed by atoms with E-state index in [1.807, 2.05) is 47.2 Å². The zero-order valence-corrected chi connectivity index (χ0v) is 22.6. The summed E-state index contributed by atoms with van der Waals surface area (Å²) in [6, 6.07) is 21.8. The van der Waals surface area contributed by atoms with Gasteiger partial charge in [0.15, 0.2) is 5.69 Å². The van der Waals surface area contributed by atoms with E-state index in [1.165, 1.54) is 23.9 Å². The number of fused-ring (bicyclic) bond motifs is 3. The zero-order chi connectivity index (χ0) is 28.1. The van der Waals surface area contributed by atoms with E-state index in [0.717, 1.165) is 49.9 Å². The highest BCUT2D eigenvalue weighted by molar-refractivity contribution is 8.00. The van der Waals surface area contributed by atoms with Crippen molar-refractivity contribution in [2.75, 3.05) is 12.3 Å². The minimum absolute atomic E-state index is 0.136. The predicted molar refractivity (Wildman–Crippen MR) is 154 cm³/mol. The Morgan fingerprint density at radius 2 is 1.80 bits per heavy atom. The smallest absolute Gasteiger partial charge is 0.406 e. The summed E-state index contributed by atoms with van der Waals surface area (Å²) in [4.78, 5) is 4.60. The highest BCUT2D eigenvalue weighted by Gasteiger charge is 2.46. The maximum atomic E-state index is 12.5. The fourth-order valence-corrected chi connectivity index (χ4v) is 6.54. The van der Waals surface area contributed by atoms with Crippen LogP contribution in [0.15, 0.2) is 84.2 Å². The fourth-order valence-electron chi connectivity index (χ4n) is 5.43. The molecule has 1 saturated heterocycles. The molecule has 2 radical (unpaired) electrons. The molecule has 0 spiro atoms. The Bertz CT molecular complexity index is 1730. The van der Waals surface area contributed by atoms with E-state index in [1.54, 1.807) is 18.5 Å². The molecule has 1 aliphatic rings. The maximum Gasteiger partial charge on any atom is 0.573 e. The number of quaternary nitrogens is 1. The van der Waals surface area contributed by atoms with E-state index in [0.29, 0.717) is 12.2 Å². The Kier molecular flexibility index (Phi) is 6.56. The van der Waals surface area contributed by atoms with Gasteiger partial charge in [-0.25, -0.2) is 4.98 Å². The molecule has 6 rings (SSSR count). The lowest BCUT2D eigenvalue weighted by atomic mass is 10.1. The normalized spacial score (nSPS) is 19.7. The number of rotatable bonds is 5. The van der Waals surface area contributed by atoms with Crippen molar-refractivity contribution in [2.24, 2.45) is 5.10 Å². The molecule has 0 saturated carbocycles. The average Bonchev–Trinajstić information content (AvgIpc) is 3.51. The Labute approximate surface area is 233 Å². The minimum atomic E-state index is -4.74. The van der Waals surface area contributed by atoms with Crippen LogP contribution in [0.2, 0.25) is 0 Å². The first kappa shape index (κ1) is 26.4. The summed E-state index contributed by atoms with van der Waals surface area (Å²) in [7, 11) is 0. The van der Waals surface area contributed by atoms with Crippen LogP contribution in [0, 0.1) is 13.8 Å². The Morgan fingerprint density at radius 3 is 2.48 bits per heavy atom. The largest absolute Gasteiger partial charge is 0.573 e. The van der Waals surface area contributed by atoms with Crippen LogP contribution in [0.5, 0.6) is 5.75 Å². The second-order valence-corrected chi connectivity index (χ2v) is 11.0. The predicted octanol–water partition coefficient (Wildman–Crippen LogP) is 7.13. The molecule has 1 fully saturated rings. The lowest BCUT2D eigenvalue weighted by Crippen LogP contribution is -2.49. The van der Waals surface area contributed by atoms with Crippen LogP contribution in [0.1, 0.15) is 16.7 Å². The topological polar surface area (TPSA) is 61.7 Å². The third kappa shape index (κ3) is 4.72. The van der Waals surface area contributed by atoms with Crippen LogP contribution in [0.25, 0.3) is 27.5 Å². The first-order chi connectivity index (χ1) is 19.1. The number of benzene rings is 4. The van der Waals surface area contributed by atoms with Crippen LogP contribution in [0.4, 0.5) is 18.9 Å². The van der Waals surface area contributed by atoms with Crippen LogP contribution in [0.3, 0.4) is 0 Å². The fraction of sp³-hybridized carbons (Fsp3) is 0.200. The molecule has 0 aliphatic carbocycles. The number of thioether (sulfide) groups is 1. The molecule has 1 aromatic heterocycles. The number of aromatic nitrogens is 2. The van der Waals surface area contributed by atoms with Gasteiger partial charge in [-0.05, 0) is 61.2 Å². The summed E-state index contributed by atoms with van der Waals surface area (Å²) in [6.07, 6.45) is -1.25. The van der Waals surface area contributed by atoms with Gasteiger partial charge in [-0.3, -0.25) is 4.57 Å². The molecule has 2 atom stereocenters. The average molecular weight is 561 g/mol. The van der Waals surface area contributed by atoms with Crippen molar-refractivity contribution in [1.29, 1.82) is 0 Å². The molecular weight excluding hydrogens is 535 g/mol. The molecule has 6 nitrogen and oxygen atoms in total. The van der Waals surface area contributed by atoms with Crippen molar-refractivity contribution in [3.05, 3.63) is 95.8 Å². The number of ether oxygens (including phenoxy) is 1. The zero-order valence-electron chi connectivity index (χ0n) is 21.8. The van der Waals surface area contributed by atoms with Crippen LogP contribution in [-0.4, -0.2) is 39.9 Å². The van der Waals surface area contributed by atoms with E-state index < -0.39 is 11.9 Å². The third-order valence-corrected chi connectivity index (χ3v) is 8.27. The van der Waals surface area contributed by atoms with Crippen LogP contribution in [-0.2, 0) is 0 Å². The quantitative estimate of drug-likeness (QED) is 0.170. The molecule has 0 N–H and O–H groups in total. The van der Waals surface area contributed by atoms with Crippen molar-refractivity contribution in [1.82, 2.24) is 19.9 Å². The second kappa shape index (κ2) is 9.96. The van der Waals surface area contributed by atoms with Gasteiger partial charge < -0.3 is 4.74 Å². The lowest BCUT2D eigenvalue weighted by Gasteiger charge is -2.31. The Hall–Kier alpha value is -3.86. The van der Waals surface area contributed by atoms with Crippen molar-refractivity contribution < 1.29 is 17.9 Å². The molecule has 0 bridgehead atoms. The van der Waals surface area contributed by atoms with Crippen molar-refractivity contribution >= 4 is 45.5 Å². The van der Waals surface area contributed by atoms with Gasteiger partial charge in [0.05, 0.1) is 23.0 Å². The molecule has 5 aromatic rings. The van der Waals surface area contributed by atoms with E-state index in [9.17, 15) is 18.9 Å². The highest BCUT2D eigenvalue weighted by atomic mass is 32.2. The number of imidazole rings is 1. The van der Waals surface area contributed by atoms with E-state index >= 15 is 0 Å².